The average Bonchev–Trinajstić information content (AvgIpc) is 2.88. The molecule has 7 nitrogen and oxygen atoms in total. The van der Waals surface area contributed by atoms with Gasteiger partial charge in [-0.2, -0.15) is 0 Å². The number of nitrogens with one attached hydrogen (secondary N) is 1. The molecule has 2 saturated heterocycles. The maximum absolute atomic E-state index is 12.2. The molecule has 1 aromatic rings. The lowest BCUT2D eigenvalue weighted by atomic mass is 9.83. The van der Waals surface area contributed by atoms with Gasteiger partial charge in [-0.1, -0.05) is 0 Å². The van der Waals surface area contributed by atoms with Crippen LogP contribution < -0.4 is 4.72 Å². The van der Waals surface area contributed by atoms with Crippen molar-refractivity contribution in [1.82, 2.24) is 9.62 Å². The maximum Gasteiger partial charge on any atom is 0.289 e. The molecule has 2 aliphatic heterocycles. The Kier molecular flexibility index (Phi) is 4.24. The zero-order valence-corrected chi connectivity index (χ0v) is 14.2. The minimum atomic E-state index is -3.16. The number of aryl methyl sites for hydroxylation is 1. The molecule has 0 radical (unpaired) electrons. The van der Waals surface area contributed by atoms with Crippen molar-refractivity contribution in [1.29, 1.82) is 0 Å². The zero-order chi connectivity index (χ0) is 16.7. The highest BCUT2D eigenvalue weighted by atomic mass is 32.2. The number of amides is 1. The van der Waals surface area contributed by atoms with Crippen LogP contribution in [0.4, 0.5) is 0 Å². The van der Waals surface area contributed by atoms with Crippen molar-refractivity contribution in [3.8, 4) is 0 Å². The Morgan fingerprint density at radius 2 is 2.17 bits per heavy atom. The first-order valence-corrected chi connectivity index (χ1v) is 9.60. The Bertz CT molecular complexity index is 680. The minimum Gasteiger partial charge on any atom is -0.456 e. The molecule has 3 heterocycles. The molecule has 128 valence electrons. The van der Waals surface area contributed by atoms with Crippen LogP contribution in [0.2, 0.25) is 0 Å². The van der Waals surface area contributed by atoms with E-state index in [0.29, 0.717) is 32.0 Å². The fraction of sp³-hybridized carbons (Fsp3) is 0.667. The summed E-state index contributed by atoms with van der Waals surface area (Å²) in [6.07, 6.45) is 2.89. The van der Waals surface area contributed by atoms with Crippen LogP contribution in [0.3, 0.4) is 0 Å². The molecule has 1 spiro atoms. The highest BCUT2D eigenvalue weighted by Gasteiger charge is 2.49. The Hall–Kier alpha value is -1.38. The van der Waals surface area contributed by atoms with Crippen LogP contribution in [0.1, 0.15) is 29.2 Å². The van der Waals surface area contributed by atoms with Gasteiger partial charge in [-0.05, 0) is 37.8 Å². The fourth-order valence-electron chi connectivity index (χ4n) is 3.10. The molecule has 1 N–H and O–H groups in total. The van der Waals surface area contributed by atoms with Gasteiger partial charge >= 0.3 is 0 Å². The first-order chi connectivity index (χ1) is 10.8. The Morgan fingerprint density at radius 3 is 2.70 bits per heavy atom. The third-order valence-corrected chi connectivity index (χ3v) is 5.16. The number of likely N-dealkylation sites (tertiary alicyclic amines) is 1. The van der Waals surface area contributed by atoms with Crippen LogP contribution in [0.25, 0.3) is 0 Å². The summed E-state index contributed by atoms with van der Waals surface area (Å²) in [6, 6.07) is 3.47. The van der Waals surface area contributed by atoms with Crippen molar-refractivity contribution in [2.24, 2.45) is 5.92 Å². The van der Waals surface area contributed by atoms with Crippen molar-refractivity contribution >= 4 is 15.9 Å². The molecule has 1 atom stereocenters. The predicted molar refractivity (Wildman–Crippen MR) is 83.6 cm³/mol. The molecular weight excluding hydrogens is 320 g/mol. The number of carbonyl (C=O) groups is 1. The quantitative estimate of drug-likeness (QED) is 0.872. The monoisotopic (exact) mass is 342 g/mol. The molecule has 0 aliphatic carbocycles. The topological polar surface area (TPSA) is 88.9 Å². The molecule has 1 amide bonds. The maximum atomic E-state index is 12.2. The highest BCUT2D eigenvalue weighted by molar-refractivity contribution is 7.88. The third-order valence-electron chi connectivity index (χ3n) is 4.46. The average molecular weight is 342 g/mol. The van der Waals surface area contributed by atoms with E-state index in [4.69, 9.17) is 9.15 Å². The highest BCUT2D eigenvalue weighted by Crippen LogP contribution is 2.36. The first-order valence-electron chi connectivity index (χ1n) is 7.71. The van der Waals surface area contributed by atoms with Crippen LogP contribution >= 0.6 is 0 Å². The Balaban J connectivity index is 1.47. The van der Waals surface area contributed by atoms with Gasteiger partial charge in [0.15, 0.2) is 5.76 Å². The van der Waals surface area contributed by atoms with Crippen molar-refractivity contribution in [2.45, 2.75) is 25.4 Å². The van der Waals surface area contributed by atoms with E-state index >= 15 is 0 Å². The van der Waals surface area contributed by atoms with Gasteiger partial charge in [0, 0.05) is 6.54 Å². The van der Waals surface area contributed by atoms with Crippen molar-refractivity contribution in [2.75, 3.05) is 32.5 Å². The summed E-state index contributed by atoms with van der Waals surface area (Å²) in [4.78, 5) is 14.0. The van der Waals surface area contributed by atoms with Gasteiger partial charge < -0.3 is 14.1 Å². The van der Waals surface area contributed by atoms with Gasteiger partial charge in [0.05, 0.1) is 26.0 Å². The fourth-order valence-corrected chi connectivity index (χ4v) is 3.63. The van der Waals surface area contributed by atoms with Crippen LogP contribution in [0.15, 0.2) is 16.5 Å². The molecule has 0 aromatic carbocycles. The summed E-state index contributed by atoms with van der Waals surface area (Å²) in [7, 11) is -3.16. The molecule has 8 heteroatoms. The largest absolute Gasteiger partial charge is 0.456 e. The van der Waals surface area contributed by atoms with E-state index in [9.17, 15) is 13.2 Å². The van der Waals surface area contributed by atoms with Crippen LogP contribution in [0.5, 0.6) is 0 Å². The van der Waals surface area contributed by atoms with Gasteiger partial charge in [-0.15, -0.1) is 0 Å². The molecule has 2 fully saturated rings. The molecule has 1 unspecified atom stereocenters. The lowest BCUT2D eigenvalue weighted by Crippen LogP contribution is -2.66. The number of hydrogen-bond acceptors (Lipinski definition) is 5. The lowest BCUT2D eigenvalue weighted by Gasteiger charge is -2.52. The molecule has 3 rings (SSSR count). The van der Waals surface area contributed by atoms with Crippen molar-refractivity contribution < 1.29 is 22.4 Å². The second-order valence-corrected chi connectivity index (χ2v) is 8.42. The SMILES string of the molecule is Cc1ccc(C(=O)N2CC3(CCC(CNS(C)(=O)=O)CO3)C2)o1. The van der Waals surface area contributed by atoms with E-state index in [1.807, 2.05) is 6.92 Å². The molecule has 1 aromatic heterocycles. The van der Waals surface area contributed by atoms with Gasteiger partial charge in [0.2, 0.25) is 10.0 Å². The number of furan rings is 1. The third kappa shape index (κ3) is 3.76. The van der Waals surface area contributed by atoms with Crippen molar-refractivity contribution in [3.05, 3.63) is 23.7 Å². The van der Waals surface area contributed by atoms with Crippen molar-refractivity contribution in [3.63, 3.8) is 0 Å². The predicted octanol–water partition coefficient (Wildman–Crippen LogP) is 0.758. The van der Waals surface area contributed by atoms with E-state index in [2.05, 4.69) is 4.72 Å². The second-order valence-electron chi connectivity index (χ2n) is 6.59. The smallest absolute Gasteiger partial charge is 0.289 e. The van der Waals surface area contributed by atoms with Gasteiger partial charge in [0.1, 0.15) is 11.4 Å². The van der Waals surface area contributed by atoms with Crippen LogP contribution in [0, 0.1) is 12.8 Å². The first kappa shape index (κ1) is 16.5. The molecular formula is C15H22N2O5S. The van der Waals surface area contributed by atoms with E-state index < -0.39 is 10.0 Å². The number of ether oxygens (including phenoxy) is 1. The molecule has 23 heavy (non-hydrogen) atoms. The van der Waals surface area contributed by atoms with E-state index in [1.54, 1.807) is 17.0 Å². The minimum absolute atomic E-state index is 0.104. The second kappa shape index (κ2) is 5.92. The standard InChI is InChI=1S/C15H22N2O5S/c1-11-3-4-13(22-11)14(18)17-9-15(10-17)6-5-12(8-21-15)7-16-23(2,19)20/h3-4,12,16H,5-10H2,1-2H3. The van der Waals surface area contributed by atoms with Crippen LogP contribution in [-0.2, 0) is 14.8 Å². The summed E-state index contributed by atoms with van der Waals surface area (Å²) in [5, 5.41) is 0. The number of sulfonamides is 1. The summed E-state index contributed by atoms with van der Waals surface area (Å²) in [5.41, 5.74) is -0.265. The number of carbonyl (C=O) groups excluding carboxylic acids is 1. The normalized spacial score (nSPS) is 23.7. The number of rotatable bonds is 4. The van der Waals surface area contributed by atoms with E-state index in [1.165, 1.54) is 0 Å². The molecule has 0 saturated carbocycles. The number of nitrogens with zero attached hydrogens (tertiary/aromatic N) is 1. The summed E-state index contributed by atoms with van der Waals surface area (Å²) in [5.74, 6) is 1.17. The van der Waals surface area contributed by atoms with Crippen LogP contribution in [-0.4, -0.2) is 57.3 Å². The van der Waals surface area contributed by atoms with E-state index in [-0.39, 0.29) is 17.4 Å². The Labute approximate surface area is 136 Å². The lowest BCUT2D eigenvalue weighted by molar-refractivity contribution is -0.166. The zero-order valence-electron chi connectivity index (χ0n) is 13.4. The summed E-state index contributed by atoms with van der Waals surface area (Å²) in [6.45, 7) is 3.87. The van der Waals surface area contributed by atoms with Gasteiger partial charge in [0.25, 0.3) is 5.91 Å². The summed E-state index contributed by atoms with van der Waals surface area (Å²) < 4.78 is 36.1. The van der Waals surface area contributed by atoms with Gasteiger partial charge in [-0.25, -0.2) is 13.1 Å². The van der Waals surface area contributed by atoms with E-state index in [0.717, 1.165) is 24.9 Å². The number of hydrogen-bond donors (Lipinski definition) is 1. The van der Waals surface area contributed by atoms with Gasteiger partial charge in [-0.3, -0.25) is 4.79 Å². The molecule has 0 bridgehead atoms. The Morgan fingerprint density at radius 1 is 1.43 bits per heavy atom. The summed E-state index contributed by atoms with van der Waals surface area (Å²) >= 11 is 0. The molecule has 2 aliphatic rings.